The number of pyridine rings is 1. The fourth-order valence-electron chi connectivity index (χ4n) is 2.51. The van der Waals surface area contributed by atoms with E-state index in [4.69, 9.17) is 5.73 Å². The Hall–Kier alpha value is -3.09. The molecule has 1 heterocycles. The van der Waals surface area contributed by atoms with Gasteiger partial charge in [0.2, 0.25) is 0 Å². The molecule has 0 saturated heterocycles. The number of anilines is 1. The number of benzene rings is 2. The van der Waals surface area contributed by atoms with Crippen molar-refractivity contribution >= 4 is 22.6 Å². The summed E-state index contributed by atoms with van der Waals surface area (Å²) >= 11 is 0. The van der Waals surface area contributed by atoms with Gasteiger partial charge in [0.05, 0.1) is 23.0 Å². The number of alkyl halides is 3. The highest BCUT2D eigenvalue weighted by Crippen LogP contribution is 2.38. The normalized spacial score (nSPS) is 11.5. The summed E-state index contributed by atoms with van der Waals surface area (Å²) in [7, 11) is 0. The van der Waals surface area contributed by atoms with Gasteiger partial charge in [-0.15, -0.1) is 0 Å². The molecule has 122 valence electrons. The quantitative estimate of drug-likeness (QED) is 0.730. The number of urea groups is 1. The van der Waals surface area contributed by atoms with Crippen LogP contribution < -0.4 is 11.1 Å². The Morgan fingerprint density at radius 3 is 2.42 bits per heavy atom. The third-order valence-corrected chi connectivity index (χ3v) is 3.52. The Morgan fingerprint density at radius 1 is 1.08 bits per heavy atom. The fourth-order valence-corrected chi connectivity index (χ4v) is 2.51. The molecule has 24 heavy (non-hydrogen) atoms. The lowest BCUT2D eigenvalue weighted by molar-refractivity contribution is -0.137. The van der Waals surface area contributed by atoms with Gasteiger partial charge >= 0.3 is 12.2 Å². The van der Waals surface area contributed by atoms with Gasteiger partial charge in [0.25, 0.3) is 0 Å². The molecule has 0 saturated carbocycles. The molecule has 0 aliphatic rings. The second-order valence-electron chi connectivity index (χ2n) is 5.13. The molecule has 0 aliphatic carbocycles. The molecule has 0 atom stereocenters. The third-order valence-electron chi connectivity index (χ3n) is 3.52. The minimum Gasteiger partial charge on any atom is -0.351 e. The number of nitrogens with two attached hydrogens (primary N) is 1. The molecule has 0 aliphatic heterocycles. The van der Waals surface area contributed by atoms with Crippen LogP contribution in [0.3, 0.4) is 0 Å². The van der Waals surface area contributed by atoms with Crippen LogP contribution >= 0.6 is 0 Å². The number of nitrogens with zero attached hydrogens (tertiary/aromatic N) is 1. The van der Waals surface area contributed by atoms with E-state index in [-0.39, 0.29) is 11.1 Å². The van der Waals surface area contributed by atoms with Gasteiger partial charge in [-0.05, 0) is 23.8 Å². The molecule has 0 unspecified atom stereocenters. The Balaban J connectivity index is 2.34. The zero-order chi connectivity index (χ0) is 17.3. The molecule has 0 spiro atoms. The molecule has 3 rings (SSSR count). The minimum absolute atomic E-state index is 0.250. The number of halogens is 3. The molecular weight excluding hydrogens is 319 g/mol. The number of carbonyl (C=O) groups excluding carboxylic acids is 1. The molecule has 0 radical (unpaired) electrons. The fraction of sp³-hybridized carbons (Fsp3) is 0.0588. The minimum atomic E-state index is -4.48. The first-order chi connectivity index (χ1) is 11.4. The molecule has 3 aromatic rings. The molecule has 7 heteroatoms. The summed E-state index contributed by atoms with van der Waals surface area (Å²) in [6.45, 7) is 0. The third kappa shape index (κ3) is 3.01. The zero-order valence-corrected chi connectivity index (χ0v) is 12.3. The van der Waals surface area contributed by atoms with E-state index in [1.807, 2.05) is 0 Å². The van der Waals surface area contributed by atoms with Crippen LogP contribution in [0.1, 0.15) is 5.56 Å². The monoisotopic (exact) mass is 331 g/mol. The molecule has 4 nitrogen and oxygen atoms in total. The predicted molar refractivity (Wildman–Crippen MR) is 85.4 cm³/mol. The lowest BCUT2D eigenvalue weighted by Gasteiger charge is -2.15. The first-order valence-corrected chi connectivity index (χ1v) is 6.98. The van der Waals surface area contributed by atoms with Gasteiger partial charge in [0, 0.05) is 10.9 Å². The van der Waals surface area contributed by atoms with E-state index in [9.17, 15) is 18.0 Å². The molecule has 0 bridgehead atoms. The number of amides is 2. The largest absolute Gasteiger partial charge is 0.416 e. The second-order valence-corrected chi connectivity index (χ2v) is 5.13. The lowest BCUT2D eigenvalue weighted by atomic mass is 9.98. The van der Waals surface area contributed by atoms with Crippen LogP contribution in [-0.4, -0.2) is 11.0 Å². The molecule has 0 fully saturated rings. The van der Waals surface area contributed by atoms with Gasteiger partial charge in [0.15, 0.2) is 0 Å². The summed E-state index contributed by atoms with van der Waals surface area (Å²) in [6, 6.07) is 11.3. The van der Waals surface area contributed by atoms with Crippen LogP contribution in [0.25, 0.3) is 22.0 Å². The molecule has 2 aromatic carbocycles. The summed E-state index contributed by atoms with van der Waals surface area (Å²) in [6.07, 6.45) is -3.10. The Labute approximate surface area is 135 Å². The van der Waals surface area contributed by atoms with Crippen LogP contribution in [0, 0.1) is 0 Å². The van der Waals surface area contributed by atoms with Crippen molar-refractivity contribution < 1.29 is 18.0 Å². The van der Waals surface area contributed by atoms with Crippen LogP contribution in [0.2, 0.25) is 0 Å². The second kappa shape index (κ2) is 5.84. The van der Waals surface area contributed by atoms with Crippen molar-refractivity contribution in [2.45, 2.75) is 6.18 Å². The van der Waals surface area contributed by atoms with E-state index in [2.05, 4.69) is 10.3 Å². The Bertz CT molecular complexity index is 908. The molecule has 1 aromatic heterocycles. The number of carbonyl (C=O) groups is 1. The van der Waals surface area contributed by atoms with Gasteiger partial charge in [-0.25, -0.2) is 4.79 Å². The average Bonchev–Trinajstić information content (AvgIpc) is 2.53. The summed E-state index contributed by atoms with van der Waals surface area (Å²) in [5.74, 6) is 0. The Morgan fingerprint density at radius 2 is 1.79 bits per heavy atom. The van der Waals surface area contributed by atoms with E-state index < -0.39 is 17.8 Å². The smallest absolute Gasteiger partial charge is 0.351 e. The SMILES string of the molecule is NC(=O)Nc1cnc2ccc(C(F)(F)F)cc2c1-c1ccccc1. The highest BCUT2D eigenvalue weighted by Gasteiger charge is 2.31. The lowest BCUT2D eigenvalue weighted by Crippen LogP contribution is -2.20. The number of aromatic nitrogens is 1. The van der Waals surface area contributed by atoms with Crippen molar-refractivity contribution in [1.29, 1.82) is 0 Å². The highest BCUT2D eigenvalue weighted by atomic mass is 19.4. The highest BCUT2D eigenvalue weighted by molar-refractivity contribution is 6.04. The van der Waals surface area contributed by atoms with Gasteiger partial charge in [-0.3, -0.25) is 4.98 Å². The zero-order valence-electron chi connectivity index (χ0n) is 12.3. The first kappa shape index (κ1) is 15.8. The van der Waals surface area contributed by atoms with Gasteiger partial charge in [0.1, 0.15) is 0 Å². The summed E-state index contributed by atoms with van der Waals surface area (Å²) in [4.78, 5) is 15.3. The molecule has 3 N–H and O–H groups in total. The van der Waals surface area contributed by atoms with E-state index in [1.165, 1.54) is 12.3 Å². The topological polar surface area (TPSA) is 68.0 Å². The number of nitrogens with one attached hydrogen (secondary N) is 1. The van der Waals surface area contributed by atoms with E-state index >= 15 is 0 Å². The van der Waals surface area contributed by atoms with Crippen molar-refractivity contribution in [2.24, 2.45) is 5.73 Å². The predicted octanol–water partition coefficient (Wildman–Crippen LogP) is 4.41. The van der Waals surface area contributed by atoms with Crippen molar-refractivity contribution in [3.8, 4) is 11.1 Å². The number of hydrogen-bond acceptors (Lipinski definition) is 2. The number of rotatable bonds is 2. The summed E-state index contributed by atoms with van der Waals surface area (Å²) in [5.41, 5.74) is 6.09. The maximum Gasteiger partial charge on any atom is 0.416 e. The van der Waals surface area contributed by atoms with Gasteiger partial charge in [-0.2, -0.15) is 13.2 Å². The van der Waals surface area contributed by atoms with Crippen molar-refractivity contribution in [3.05, 3.63) is 60.3 Å². The van der Waals surface area contributed by atoms with Crippen molar-refractivity contribution in [2.75, 3.05) is 5.32 Å². The van der Waals surface area contributed by atoms with Gasteiger partial charge < -0.3 is 11.1 Å². The van der Waals surface area contributed by atoms with Crippen LogP contribution in [0.5, 0.6) is 0 Å². The first-order valence-electron chi connectivity index (χ1n) is 6.98. The van der Waals surface area contributed by atoms with Crippen LogP contribution in [-0.2, 0) is 6.18 Å². The van der Waals surface area contributed by atoms with E-state index in [0.29, 0.717) is 16.6 Å². The van der Waals surface area contributed by atoms with Crippen molar-refractivity contribution in [3.63, 3.8) is 0 Å². The standard InChI is InChI=1S/C17H12F3N3O/c18-17(19,20)11-6-7-13-12(8-11)15(10-4-2-1-3-5-10)14(9-22-13)23-16(21)24/h1-9H,(H3,21,23,24). The molecule has 2 amide bonds. The van der Waals surface area contributed by atoms with E-state index in [1.54, 1.807) is 30.3 Å². The number of hydrogen-bond donors (Lipinski definition) is 2. The number of primary amides is 1. The van der Waals surface area contributed by atoms with Gasteiger partial charge in [-0.1, -0.05) is 30.3 Å². The van der Waals surface area contributed by atoms with Crippen LogP contribution in [0.4, 0.5) is 23.7 Å². The van der Waals surface area contributed by atoms with E-state index in [0.717, 1.165) is 12.1 Å². The van der Waals surface area contributed by atoms with Crippen molar-refractivity contribution in [1.82, 2.24) is 4.98 Å². The maximum absolute atomic E-state index is 13.1. The van der Waals surface area contributed by atoms with Crippen LogP contribution in [0.15, 0.2) is 54.7 Å². The summed E-state index contributed by atoms with van der Waals surface area (Å²) < 4.78 is 39.2. The maximum atomic E-state index is 13.1. The molecular formula is C17H12F3N3O. The summed E-state index contributed by atoms with van der Waals surface area (Å²) in [5, 5.41) is 2.70. The number of fused-ring (bicyclic) bond motifs is 1. The average molecular weight is 331 g/mol. The Kier molecular flexibility index (Phi) is 3.84.